The third kappa shape index (κ3) is 2.40. The first kappa shape index (κ1) is 13.1. The van der Waals surface area contributed by atoms with Crippen molar-refractivity contribution >= 4 is 18.0 Å². The van der Waals surface area contributed by atoms with Gasteiger partial charge in [0.25, 0.3) is 7.37 Å². The van der Waals surface area contributed by atoms with Crippen molar-refractivity contribution in [2.75, 3.05) is 7.11 Å². The van der Waals surface area contributed by atoms with Gasteiger partial charge in [-0.15, -0.1) is 0 Å². The van der Waals surface area contributed by atoms with Gasteiger partial charge in [-0.25, -0.2) is 0 Å². The summed E-state index contributed by atoms with van der Waals surface area (Å²) in [5.74, 6) is 0. The third-order valence-electron chi connectivity index (χ3n) is 2.94. The van der Waals surface area contributed by atoms with Crippen molar-refractivity contribution in [3.8, 4) is 0 Å². The largest absolute Gasteiger partial charge is 0.325 e. The lowest BCUT2D eigenvalue weighted by molar-refractivity contribution is 0.412. The second kappa shape index (κ2) is 5.09. The summed E-state index contributed by atoms with van der Waals surface area (Å²) in [6.07, 6.45) is 0. The van der Waals surface area contributed by atoms with Crippen LogP contribution in [0.3, 0.4) is 0 Å². The molecule has 0 fully saturated rings. The zero-order chi connectivity index (χ0) is 13.2. The molecule has 0 spiro atoms. The van der Waals surface area contributed by atoms with E-state index >= 15 is 0 Å². The molecule has 0 atom stereocenters. The van der Waals surface area contributed by atoms with Gasteiger partial charge in [-0.3, -0.25) is 4.57 Å². The Morgan fingerprint density at radius 1 is 0.889 bits per heavy atom. The van der Waals surface area contributed by atoms with Crippen LogP contribution in [0.25, 0.3) is 0 Å². The summed E-state index contributed by atoms with van der Waals surface area (Å²) in [5, 5.41) is 1.49. The first-order chi connectivity index (χ1) is 8.56. The highest BCUT2D eigenvalue weighted by Crippen LogP contribution is 2.43. The van der Waals surface area contributed by atoms with Crippen LogP contribution >= 0.6 is 7.37 Å². The summed E-state index contributed by atoms with van der Waals surface area (Å²) in [4.78, 5) is 0. The molecule has 0 amide bonds. The number of hydrogen-bond acceptors (Lipinski definition) is 2. The Hall–Kier alpha value is -1.37. The standard InChI is InChI=1S/C15H17O2P/c1-12-6-4-8-14(10-12)18(16,17-3)15-9-5-7-13(2)11-15/h4-11H,1-3H3. The summed E-state index contributed by atoms with van der Waals surface area (Å²) < 4.78 is 18.4. The van der Waals surface area contributed by atoms with Crippen molar-refractivity contribution in [1.29, 1.82) is 0 Å². The first-order valence-electron chi connectivity index (χ1n) is 5.86. The summed E-state index contributed by atoms with van der Waals surface area (Å²) in [6, 6.07) is 15.4. The highest BCUT2D eigenvalue weighted by atomic mass is 31.2. The number of rotatable bonds is 3. The fourth-order valence-corrected chi connectivity index (χ4v) is 4.01. The molecule has 3 heteroatoms. The van der Waals surface area contributed by atoms with Gasteiger partial charge in [0.1, 0.15) is 0 Å². The molecule has 2 aromatic rings. The predicted octanol–water partition coefficient (Wildman–Crippen LogP) is 3.18. The van der Waals surface area contributed by atoms with Gasteiger partial charge in [0.15, 0.2) is 0 Å². The molecular weight excluding hydrogens is 243 g/mol. The van der Waals surface area contributed by atoms with Crippen LogP contribution in [0.1, 0.15) is 11.1 Å². The zero-order valence-electron chi connectivity index (χ0n) is 10.9. The van der Waals surface area contributed by atoms with Crippen molar-refractivity contribution in [2.24, 2.45) is 0 Å². The lowest BCUT2D eigenvalue weighted by Crippen LogP contribution is -2.17. The average molecular weight is 260 g/mol. The topological polar surface area (TPSA) is 26.3 Å². The van der Waals surface area contributed by atoms with Gasteiger partial charge in [-0.1, -0.05) is 35.4 Å². The van der Waals surface area contributed by atoms with Crippen molar-refractivity contribution < 1.29 is 9.09 Å². The van der Waals surface area contributed by atoms with E-state index in [1.54, 1.807) is 0 Å². The molecular formula is C15H17O2P. The molecule has 0 aliphatic carbocycles. The molecule has 2 aromatic carbocycles. The van der Waals surface area contributed by atoms with Crippen molar-refractivity contribution in [3.63, 3.8) is 0 Å². The number of aryl methyl sites for hydroxylation is 2. The quantitative estimate of drug-likeness (QED) is 0.792. The van der Waals surface area contributed by atoms with Crippen molar-refractivity contribution in [2.45, 2.75) is 13.8 Å². The fraction of sp³-hybridized carbons (Fsp3) is 0.200. The van der Waals surface area contributed by atoms with Gasteiger partial charge in [-0.05, 0) is 38.1 Å². The molecule has 0 aromatic heterocycles. The molecule has 0 aliphatic rings. The van der Waals surface area contributed by atoms with Gasteiger partial charge in [0.2, 0.25) is 0 Å². The Labute approximate surface area is 108 Å². The van der Waals surface area contributed by atoms with E-state index in [-0.39, 0.29) is 0 Å². The van der Waals surface area contributed by atoms with Crippen LogP contribution in [-0.4, -0.2) is 7.11 Å². The maximum Gasteiger partial charge on any atom is 0.261 e. The molecule has 0 aliphatic heterocycles. The lowest BCUT2D eigenvalue weighted by Gasteiger charge is -2.17. The maximum atomic E-state index is 13.1. The molecule has 0 unspecified atom stereocenters. The highest BCUT2D eigenvalue weighted by molar-refractivity contribution is 7.74. The highest BCUT2D eigenvalue weighted by Gasteiger charge is 2.27. The van der Waals surface area contributed by atoms with Gasteiger partial charge in [0.05, 0.1) is 0 Å². The molecule has 18 heavy (non-hydrogen) atoms. The smallest absolute Gasteiger partial charge is 0.261 e. The van der Waals surface area contributed by atoms with Gasteiger partial charge < -0.3 is 4.52 Å². The van der Waals surface area contributed by atoms with Gasteiger partial charge >= 0.3 is 0 Å². The zero-order valence-corrected chi connectivity index (χ0v) is 11.8. The second-order valence-corrected chi connectivity index (χ2v) is 6.91. The van der Waals surface area contributed by atoms with Crippen LogP contribution in [0.15, 0.2) is 48.5 Å². The Balaban J connectivity index is 2.59. The SMILES string of the molecule is COP(=O)(c1cccc(C)c1)c1cccc(C)c1. The van der Waals surface area contributed by atoms with Crippen LogP contribution in [0, 0.1) is 13.8 Å². The monoisotopic (exact) mass is 260 g/mol. The minimum atomic E-state index is -2.96. The summed E-state index contributed by atoms with van der Waals surface area (Å²) >= 11 is 0. The summed E-state index contributed by atoms with van der Waals surface area (Å²) in [7, 11) is -1.45. The lowest BCUT2D eigenvalue weighted by atomic mass is 10.2. The Kier molecular flexibility index (Phi) is 3.70. The molecule has 0 heterocycles. The molecule has 2 rings (SSSR count). The molecule has 0 radical (unpaired) electrons. The maximum absolute atomic E-state index is 13.1. The van der Waals surface area contributed by atoms with Crippen molar-refractivity contribution in [3.05, 3.63) is 59.7 Å². The van der Waals surface area contributed by atoms with E-state index in [4.69, 9.17) is 4.52 Å². The van der Waals surface area contributed by atoms with Crippen molar-refractivity contribution in [1.82, 2.24) is 0 Å². The summed E-state index contributed by atoms with van der Waals surface area (Å²) in [5.41, 5.74) is 2.16. The Morgan fingerprint density at radius 3 is 1.67 bits per heavy atom. The molecule has 94 valence electrons. The van der Waals surface area contributed by atoms with Crippen LogP contribution in [0.2, 0.25) is 0 Å². The molecule has 0 saturated carbocycles. The predicted molar refractivity (Wildman–Crippen MR) is 76.2 cm³/mol. The van der Waals surface area contributed by atoms with Crippen LogP contribution in [-0.2, 0) is 9.09 Å². The minimum absolute atomic E-state index is 0.746. The fourth-order valence-electron chi connectivity index (χ4n) is 1.98. The van der Waals surface area contributed by atoms with E-state index in [1.165, 1.54) is 7.11 Å². The molecule has 0 bridgehead atoms. The number of hydrogen-bond donors (Lipinski definition) is 0. The van der Waals surface area contributed by atoms with E-state index in [0.29, 0.717) is 0 Å². The van der Waals surface area contributed by atoms with E-state index in [9.17, 15) is 4.57 Å². The van der Waals surface area contributed by atoms with Crippen LogP contribution in [0.4, 0.5) is 0 Å². The molecule has 0 saturated heterocycles. The average Bonchev–Trinajstić information content (AvgIpc) is 2.38. The van der Waals surface area contributed by atoms with Gasteiger partial charge in [0, 0.05) is 17.7 Å². The van der Waals surface area contributed by atoms with E-state index in [0.717, 1.165) is 21.7 Å². The van der Waals surface area contributed by atoms with E-state index in [1.807, 2.05) is 62.4 Å². The Bertz CT molecular complexity index is 555. The van der Waals surface area contributed by atoms with Crippen LogP contribution in [0.5, 0.6) is 0 Å². The normalized spacial score (nSPS) is 11.5. The molecule has 0 N–H and O–H groups in total. The number of benzene rings is 2. The second-order valence-electron chi connectivity index (χ2n) is 4.41. The minimum Gasteiger partial charge on any atom is -0.325 e. The Morgan fingerprint density at radius 2 is 1.33 bits per heavy atom. The van der Waals surface area contributed by atoms with Gasteiger partial charge in [-0.2, -0.15) is 0 Å². The van der Waals surface area contributed by atoms with E-state index < -0.39 is 7.37 Å². The van der Waals surface area contributed by atoms with Crippen LogP contribution < -0.4 is 10.6 Å². The third-order valence-corrected chi connectivity index (χ3v) is 5.37. The first-order valence-corrected chi connectivity index (χ1v) is 7.49. The summed E-state index contributed by atoms with van der Waals surface area (Å²) in [6.45, 7) is 3.97. The molecule has 2 nitrogen and oxygen atoms in total. The van der Waals surface area contributed by atoms with E-state index in [2.05, 4.69) is 0 Å².